The molecule has 0 aromatic heterocycles. The minimum atomic E-state index is -3.93. The second kappa shape index (κ2) is 11.4. The molecule has 0 aliphatic heterocycles. The molecule has 0 aliphatic rings. The van der Waals surface area contributed by atoms with Crippen molar-refractivity contribution in [3.63, 3.8) is 0 Å². The molecule has 0 saturated carbocycles. The molecule has 0 radical (unpaired) electrons. The molecule has 3 aromatic carbocycles. The lowest BCUT2D eigenvalue weighted by atomic mass is 10.1. The fraction of sp³-hybridized carbons (Fsp3) is 0.200. The summed E-state index contributed by atoms with van der Waals surface area (Å²) in [5, 5.41) is 4.00. The molecule has 34 heavy (non-hydrogen) atoms. The van der Waals surface area contributed by atoms with Gasteiger partial charge in [-0.1, -0.05) is 48.0 Å². The number of rotatable bonds is 10. The number of sulfonamides is 1. The second-order valence-electron chi connectivity index (χ2n) is 7.52. The van der Waals surface area contributed by atoms with Crippen molar-refractivity contribution in [2.45, 2.75) is 24.3 Å². The van der Waals surface area contributed by atoms with Crippen LogP contribution in [0.15, 0.2) is 82.8 Å². The van der Waals surface area contributed by atoms with Gasteiger partial charge < -0.3 is 9.47 Å². The Morgan fingerprint density at radius 3 is 2.35 bits per heavy atom. The fourth-order valence-corrected chi connectivity index (χ4v) is 4.37. The Labute approximate surface area is 199 Å². The van der Waals surface area contributed by atoms with E-state index in [-0.39, 0.29) is 11.3 Å². The predicted octanol–water partition coefficient (Wildman–Crippen LogP) is 3.05. The summed E-state index contributed by atoms with van der Waals surface area (Å²) in [5.74, 6) is 0.535. The van der Waals surface area contributed by atoms with Gasteiger partial charge in [0, 0.05) is 11.6 Å². The maximum atomic E-state index is 13.0. The molecule has 0 aliphatic carbocycles. The zero-order valence-corrected chi connectivity index (χ0v) is 20.0. The molecule has 178 valence electrons. The average molecular weight is 482 g/mol. The molecule has 1 atom stereocenters. The zero-order chi connectivity index (χ0) is 24.6. The third-order valence-corrected chi connectivity index (χ3v) is 6.53. The largest absolute Gasteiger partial charge is 0.497 e. The van der Waals surface area contributed by atoms with Gasteiger partial charge in [0.25, 0.3) is 5.91 Å². The monoisotopic (exact) mass is 481 g/mol. The van der Waals surface area contributed by atoms with E-state index in [1.807, 2.05) is 37.3 Å². The van der Waals surface area contributed by atoms with Gasteiger partial charge in [-0.3, -0.25) is 4.79 Å². The number of nitrogens with zero attached hydrogens (tertiary/aromatic N) is 1. The number of hydrazone groups is 1. The van der Waals surface area contributed by atoms with E-state index in [2.05, 4.69) is 15.2 Å². The number of benzene rings is 3. The fourth-order valence-electron chi connectivity index (χ4n) is 3.18. The quantitative estimate of drug-likeness (QED) is 0.342. The van der Waals surface area contributed by atoms with Crippen molar-refractivity contribution in [1.82, 2.24) is 10.1 Å². The predicted molar refractivity (Wildman–Crippen MR) is 131 cm³/mol. The van der Waals surface area contributed by atoms with Crippen LogP contribution in [-0.4, -0.2) is 40.8 Å². The number of nitrogens with one attached hydrogen (secondary N) is 2. The van der Waals surface area contributed by atoms with E-state index < -0.39 is 22.0 Å². The summed E-state index contributed by atoms with van der Waals surface area (Å²) >= 11 is 0. The van der Waals surface area contributed by atoms with Gasteiger partial charge in [-0.05, 0) is 43.2 Å². The first-order valence-electron chi connectivity index (χ1n) is 10.5. The molecule has 0 heterocycles. The summed E-state index contributed by atoms with van der Waals surface area (Å²) in [6.45, 7) is 1.87. The van der Waals surface area contributed by atoms with Crippen LogP contribution in [0.2, 0.25) is 0 Å². The standard InChI is InChI=1S/C25H27N3O5S/c1-18-9-13-22(14-10-18)34(30,31)28-23(15-19-7-5-4-6-8-19)25(29)27-26-17-20-11-12-21(32-2)16-24(20)33-3/h4-14,16-17,23,28H,15H2,1-3H3,(H,27,29)/b26-17-/t23-/m1/s1. The van der Waals surface area contributed by atoms with Gasteiger partial charge in [0.15, 0.2) is 0 Å². The van der Waals surface area contributed by atoms with E-state index in [0.717, 1.165) is 11.1 Å². The first-order valence-corrected chi connectivity index (χ1v) is 12.0. The van der Waals surface area contributed by atoms with Crippen molar-refractivity contribution in [2.75, 3.05) is 14.2 Å². The van der Waals surface area contributed by atoms with Gasteiger partial charge in [0.2, 0.25) is 10.0 Å². The van der Waals surface area contributed by atoms with E-state index in [9.17, 15) is 13.2 Å². The number of carbonyl (C=O) groups is 1. The maximum absolute atomic E-state index is 13.0. The third-order valence-electron chi connectivity index (χ3n) is 5.05. The molecular weight excluding hydrogens is 454 g/mol. The number of hydrogen-bond acceptors (Lipinski definition) is 6. The van der Waals surface area contributed by atoms with Gasteiger partial charge in [0.05, 0.1) is 25.3 Å². The van der Waals surface area contributed by atoms with Crippen LogP contribution in [0.25, 0.3) is 0 Å². The average Bonchev–Trinajstić information content (AvgIpc) is 2.84. The molecule has 0 bridgehead atoms. The molecule has 3 rings (SSSR count). The van der Waals surface area contributed by atoms with Crippen molar-refractivity contribution < 1.29 is 22.7 Å². The lowest BCUT2D eigenvalue weighted by molar-refractivity contribution is -0.122. The number of carbonyl (C=O) groups excluding carboxylic acids is 1. The van der Waals surface area contributed by atoms with Crippen LogP contribution in [0.1, 0.15) is 16.7 Å². The first-order chi connectivity index (χ1) is 16.3. The van der Waals surface area contributed by atoms with Gasteiger partial charge in [-0.25, -0.2) is 13.8 Å². The van der Waals surface area contributed by atoms with Gasteiger partial charge in [0.1, 0.15) is 17.5 Å². The molecule has 0 unspecified atom stereocenters. The summed E-state index contributed by atoms with van der Waals surface area (Å²) in [7, 11) is -0.870. The summed E-state index contributed by atoms with van der Waals surface area (Å²) < 4.78 is 38.9. The molecule has 0 saturated heterocycles. The zero-order valence-electron chi connectivity index (χ0n) is 19.2. The van der Waals surface area contributed by atoms with Crippen LogP contribution < -0.4 is 19.6 Å². The van der Waals surface area contributed by atoms with Crippen molar-refractivity contribution in [2.24, 2.45) is 5.10 Å². The second-order valence-corrected chi connectivity index (χ2v) is 9.23. The highest BCUT2D eigenvalue weighted by molar-refractivity contribution is 7.89. The SMILES string of the molecule is COc1ccc(/C=N\NC(=O)[C@@H](Cc2ccccc2)NS(=O)(=O)c2ccc(C)cc2)c(OC)c1. The van der Waals surface area contributed by atoms with E-state index in [1.54, 1.807) is 37.4 Å². The van der Waals surface area contributed by atoms with Crippen LogP contribution in [-0.2, 0) is 21.2 Å². The van der Waals surface area contributed by atoms with Crippen LogP contribution in [0.5, 0.6) is 11.5 Å². The third kappa shape index (κ3) is 6.66. The van der Waals surface area contributed by atoms with Crippen molar-refractivity contribution in [3.05, 3.63) is 89.5 Å². The Kier molecular flexibility index (Phi) is 8.39. The van der Waals surface area contributed by atoms with Crippen LogP contribution in [0.4, 0.5) is 0 Å². The summed E-state index contributed by atoms with van der Waals surface area (Å²) in [5.41, 5.74) is 4.78. The summed E-state index contributed by atoms with van der Waals surface area (Å²) in [6, 6.07) is 19.6. The van der Waals surface area contributed by atoms with Crippen LogP contribution >= 0.6 is 0 Å². The molecular formula is C25H27N3O5S. The highest BCUT2D eigenvalue weighted by Crippen LogP contribution is 2.23. The summed E-state index contributed by atoms with van der Waals surface area (Å²) in [6.07, 6.45) is 1.57. The normalized spacial score (nSPS) is 12.3. The Balaban J connectivity index is 1.79. The van der Waals surface area contributed by atoms with Crippen molar-refractivity contribution in [1.29, 1.82) is 0 Å². The Hall–Kier alpha value is -3.69. The Bertz CT molecular complexity index is 1240. The number of methoxy groups -OCH3 is 2. The molecule has 0 fully saturated rings. The molecule has 2 N–H and O–H groups in total. The van der Waals surface area contributed by atoms with Gasteiger partial charge in [-0.2, -0.15) is 9.82 Å². The van der Waals surface area contributed by atoms with Gasteiger partial charge in [-0.15, -0.1) is 0 Å². The van der Waals surface area contributed by atoms with E-state index in [0.29, 0.717) is 17.1 Å². The summed E-state index contributed by atoms with van der Waals surface area (Å²) in [4.78, 5) is 13.0. The highest BCUT2D eigenvalue weighted by Gasteiger charge is 2.26. The van der Waals surface area contributed by atoms with E-state index >= 15 is 0 Å². The van der Waals surface area contributed by atoms with Gasteiger partial charge >= 0.3 is 0 Å². The van der Waals surface area contributed by atoms with E-state index in [1.165, 1.54) is 25.5 Å². The molecule has 9 heteroatoms. The lowest BCUT2D eigenvalue weighted by Gasteiger charge is -2.17. The molecule has 1 amide bonds. The molecule has 0 spiro atoms. The van der Waals surface area contributed by atoms with E-state index in [4.69, 9.17) is 9.47 Å². The smallest absolute Gasteiger partial charge is 0.258 e. The number of amides is 1. The molecule has 3 aromatic rings. The number of ether oxygens (including phenoxy) is 2. The van der Waals surface area contributed by atoms with Crippen molar-refractivity contribution >= 4 is 22.1 Å². The molecule has 8 nitrogen and oxygen atoms in total. The minimum Gasteiger partial charge on any atom is -0.497 e. The van der Waals surface area contributed by atoms with Crippen LogP contribution in [0.3, 0.4) is 0 Å². The Morgan fingerprint density at radius 2 is 1.71 bits per heavy atom. The topological polar surface area (TPSA) is 106 Å². The van der Waals surface area contributed by atoms with Crippen LogP contribution in [0, 0.1) is 6.92 Å². The highest BCUT2D eigenvalue weighted by atomic mass is 32.2. The number of hydrogen-bond donors (Lipinski definition) is 2. The Morgan fingerprint density at radius 1 is 1.00 bits per heavy atom. The first kappa shape index (κ1) is 24.9. The minimum absolute atomic E-state index is 0.0791. The lowest BCUT2D eigenvalue weighted by Crippen LogP contribution is -2.46. The maximum Gasteiger partial charge on any atom is 0.258 e. The van der Waals surface area contributed by atoms with Crippen molar-refractivity contribution in [3.8, 4) is 11.5 Å². The number of aryl methyl sites for hydroxylation is 1.